The summed E-state index contributed by atoms with van der Waals surface area (Å²) in [6.45, 7) is 2.29. The van der Waals surface area contributed by atoms with Crippen LogP contribution in [0.2, 0.25) is 0 Å². The lowest BCUT2D eigenvalue weighted by atomic mass is 9.81. The van der Waals surface area contributed by atoms with Crippen LogP contribution in [0.3, 0.4) is 0 Å². The molecule has 0 amide bonds. The minimum atomic E-state index is -0.141. The first-order valence-electron chi connectivity index (χ1n) is 8.45. The van der Waals surface area contributed by atoms with Crippen LogP contribution in [-0.2, 0) is 16.0 Å². The number of ether oxygens (including phenoxy) is 1. The Balaban J connectivity index is 1.97. The summed E-state index contributed by atoms with van der Waals surface area (Å²) in [5.41, 5.74) is 2.54. The second-order valence-corrected chi connectivity index (χ2v) is 6.18. The molecular formula is C20H24O2. The van der Waals surface area contributed by atoms with Crippen molar-refractivity contribution in [1.29, 1.82) is 0 Å². The van der Waals surface area contributed by atoms with Gasteiger partial charge in [0, 0.05) is 0 Å². The van der Waals surface area contributed by atoms with Crippen molar-refractivity contribution in [3.05, 3.63) is 47.5 Å². The van der Waals surface area contributed by atoms with Crippen LogP contribution < -0.4 is 0 Å². The molecule has 0 N–H and O–H groups in total. The van der Waals surface area contributed by atoms with Crippen LogP contribution in [0.5, 0.6) is 0 Å². The SMILES string of the molecule is CCOC(=O)Cc1ccc(C2CCCCC2)c2ccccc12. The summed E-state index contributed by atoms with van der Waals surface area (Å²) in [5.74, 6) is 0.536. The summed E-state index contributed by atoms with van der Waals surface area (Å²) in [5, 5.41) is 2.52. The third-order valence-electron chi connectivity index (χ3n) is 4.73. The largest absolute Gasteiger partial charge is 0.466 e. The predicted octanol–water partition coefficient (Wildman–Crippen LogP) is 4.99. The molecule has 2 nitrogen and oxygen atoms in total. The standard InChI is InChI=1S/C20H24O2/c1-2-22-20(21)14-16-12-13-18(15-8-4-3-5-9-15)19-11-7-6-10-17(16)19/h6-7,10-13,15H,2-5,8-9,14H2,1H3. The number of fused-ring (bicyclic) bond motifs is 1. The van der Waals surface area contributed by atoms with Gasteiger partial charge in [-0.1, -0.05) is 55.7 Å². The molecule has 1 saturated carbocycles. The molecule has 116 valence electrons. The first-order chi connectivity index (χ1) is 10.8. The molecule has 0 aliphatic heterocycles. The van der Waals surface area contributed by atoms with Gasteiger partial charge in [-0.05, 0) is 47.6 Å². The van der Waals surface area contributed by atoms with Gasteiger partial charge in [0.25, 0.3) is 0 Å². The van der Waals surface area contributed by atoms with Gasteiger partial charge in [0.2, 0.25) is 0 Å². The zero-order chi connectivity index (χ0) is 15.4. The molecule has 3 rings (SSSR count). The van der Waals surface area contributed by atoms with Crippen molar-refractivity contribution in [3.63, 3.8) is 0 Å². The Hall–Kier alpha value is -1.83. The van der Waals surface area contributed by atoms with Gasteiger partial charge < -0.3 is 4.74 Å². The maximum atomic E-state index is 11.8. The van der Waals surface area contributed by atoms with Crippen LogP contribution in [0, 0.1) is 0 Å². The molecule has 0 radical (unpaired) electrons. The van der Waals surface area contributed by atoms with Crippen molar-refractivity contribution in [2.75, 3.05) is 6.61 Å². The normalized spacial score (nSPS) is 15.9. The van der Waals surface area contributed by atoms with Crippen LogP contribution in [0.15, 0.2) is 36.4 Å². The molecule has 0 bridgehead atoms. The topological polar surface area (TPSA) is 26.3 Å². The van der Waals surface area contributed by atoms with Crippen molar-refractivity contribution < 1.29 is 9.53 Å². The van der Waals surface area contributed by atoms with E-state index in [1.54, 1.807) is 0 Å². The second-order valence-electron chi connectivity index (χ2n) is 6.18. The molecule has 0 heterocycles. The number of hydrogen-bond donors (Lipinski definition) is 0. The Morgan fingerprint density at radius 2 is 1.77 bits per heavy atom. The van der Waals surface area contributed by atoms with E-state index in [9.17, 15) is 4.79 Å². The van der Waals surface area contributed by atoms with E-state index in [0.29, 0.717) is 18.9 Å². The van der Waals surface area contributed by atoms with Gasteiger partial charge in [-0.25, -0.2) is 0 Å². The van der Waals surface area contributed by atoms with Gasteiger partial charge in [0.05, 0.1) is 13.0 Å². The summed E-state index contributed by atoms with van der Waals surface area (Å²) in [4.78, 5) is 11.8. The maximum Gasteiger partial charge on any atom is 0.310 e. The van der Waals surface area contributed by atoms with Crippen molar-refractivity contribution in [3.8, 4) is 0 Å². The van der Waals surface area contributed by atoms with E-state index in [0.717, 1.165) is 5.56 Å². The Kier molecular flexibility index (Phi) is 4.77. The number of benzene rings is 2. The third kappa shape index (κ3) is 3.16. The van der Waals surface area contributed by atoms with E-state index in [4.69, 9.17) is 4.74 Å². The molecular weight excluding hydrogens is 272 g/mol. The number of esters is 1. The summed E-state index contributed by atoms with van der Waals surface area (Å²) >= 11 is 0. The van der Waals surface area contributed by atoms with E-state index < -0.39 is 0 Å². The first-order valence-corrected chi connectivity index (χ1v) is 8.45. The fourth-order valence-electron chi connectivity index (χ4n) is 3.68. The summed E-state index contributed by atoms with van der Waals surface area (Å²) < 4.78 is 5.10. The quantitative estimate of drug-likeness (QED) is 0.743. The summed E-state index contributed by atoms with van der Waals surface area (Å²) in [7, 11) is 0. The Morgan fingerprint density at radius 1 is 1.05 bits per heavy atom. The molecule has 0 aromatic heterocycles. The molecule has 1 fully saturated rings. The van der Waals surface area contributed by atoms with E-state index >= 15 is 0 Å². The molecule has 1 aliphatic rings. The van der Waals surface area contributed by atoms with Gasteiger partial charge >= 0.3 is 5.97 Å². The van der Waals surface area contributed by atoms with Gasteiger partial charge in [-0.15, -0.1) is 0 Å². The lowest BCUT2D eigenvalue weighted by Crippen LogP contribution is -2.09. The monoisotopic (exact) mass is 296 g/mol. The Labute approximate surface area is 132 Å². The fraction of sp³-hybridized carbons (Fsp3) is 0.450. The summed E-state index contributed by atoms with van der Waals surface area (Å²) in [6.07, 6.45) is 6.99. The minimum Gasteiger partial charge on any atom is -0.466 e. The molecule has 2 aromatic rings. The lowest BCUT2D eigenvalue weighted by Gasteiger charge is -2.24. The highest BCUT2D eigenvalue weighted by Crippen LogP contribution is 2.37. The van der Waals surface area contributed by atoms with Crippen molar-refractivity contribution in [2.45, 2.75) is 51.4 Å². The smallest absolute Gasteiger partial charge is 0.310 e. The zero-order valence-electron chi connectivity index (χ0n) is 13.3. The molecule has 0 spiro atoms. The summed E-state index contributed by atoms with van der Waals surface area (Å²) in [6, 6.07) is 12.9. The number of rotatable bonds is 4. The molecule has 0 saturated heterocycles. The van der Waals surface area contributed by atoms with E-state index in [1.165, 1.54) is 48.4 Å². The Morgan fingerprint density at radius 3 is 2.50 bits per heavy atom. The highest BCUT2D eigenvalue weighted by Gasteiger charge is 2.19. The number of carbonyl (C=O) groups excluding carboxylic acids is 1. The highest BCUT2D eigenvalue weighted by molar-refractivity contribution is 5.91. The van der Waals surface area contributed by atoms with Crippen LogP contribution in [-0.4, -0.2) is 12.6 Å². The first kappa shape index (κ1) is 15.1. The average Bonchev–Trinajstić information content (AvgIpc) is 2.56. The third-order valence-corrected chi connectivity index (χ3v) is 4.73. The highest BCUT2D eigenvalue weighted by atomic mass is 16.5. The lowest BCUT2D eigenvalue weighted by molar-refractivity contribution is -0.142. The van der Waals surface area contributed by atoms with E-state index in [2.05, 4.69) is 36.4 Å². The number of carbonyl (C=O) groups is 1. The van der Waals surface area contributed by atoms with Crippen molar-refractivity contribution >= 4 is 16.7 Å². The molecule has 2 aromatic carbocycles. The van der Waals surface area contributed by atoms with Gasteiger partial charge in [-0.2, -0.15) is 0 Å². The second kappa shape index (κ2) is 6.95. The average molecular weight is 296 g/mol. The van der Waals surface area contributed by atoms with Crippen LogP contribution in [0.4, 0.5) is 0 Å². The van der Waals surface area contributed by atoms with Crippen molar-refractivity contribution in [1.82, 2.24) is 0 Å². The zero-order valence-corrected chi connectivity index (χ0v) is 13.3. The molecule has 2 heteroatoms. The van der Waals surface area contributed by atoms with Gasteiger partial charge in [0.15, 0.2) is 0 Å². The van der Waals surface area contributed by atoms with E-state index in [1.807, 2.05) is 6.92 Å². The molecule has 0 unspecified atom stereocenters. The molecule has 22 heavy (non-hydrogen) atoms. The van der Waals surface area contributed by atoms with E-state index in [-0.39, 0.29) is 5.97 Å². The van der Waals surface area contributed by atoms with Crippen molar-refractivity contribution in [2.24, 2.45) is 0 Å². The van der Waals surface area contributed by atoms with Crippen LogP contribution >= 0.6 is 0 Å². The van der Waals surface area contributed by atoms with Gasteiger partial charge in [0.1, 0.15) is 0 Å². The molecule has 1 aliphatic carbocycles. The Bertz CT molecular complexity index is 654. The predicted molar refractivity (Wildman–Crippen MR) is 90.1 cm³/mol. The number of hydrogen-bond acceptors (Lipinski definition) is 2. The van der Waals surface area contributed by atoms with Crippen LogP contribution in [0.25, 0.3) is 10.8 Å². The maximum absolute atomic E-state index is 11.8. The minimum absolute atomic E-state index is 0.141. The van der Waals surface area contributed by atoms with Crippen LogP contribution in [0.1, 0.15) is 56.1 Å². The molecule has 0 atom stereocenters. The fourth-order valence-corrected chi connectivity index (χ4v) is 3.68. The van der Waals surface area contributed by atoms with Gasteiger partial charge in [-0.3, -0.25) is 4.79 Å².